The molecule has 0 radical (unpaired) electrons. The van der Waals surface area contributed by atoms with Crippen molar-refractivity contribution in [3.8, 4) is 11.8 Å². The van der Waals surface area contributed by atoms with Crippen molar-refractivity contribution in [1.82, 2.24) is 5.32 Å². The molecule has 0 bridgehead atoms. The molecule has 3 aromatic rings. The molecule has 3 rings (SSSR count). The Bertz CT molecular complexity index is 977. The molecule has 5 heteroatoms. The second-order valence-corrected chi connectivity index (χ2v) is 6.70. The molecule has 0 spiro atoms. The maximum Gasteiger partial charge on any atom is 0.258 e. The van der Waals surface area contributed by atoms with Gasteiger partial charge in [-0.25, -0.2) is 0 Å². The van der Waals surface area contributed by atoms with Crippen LogP contribution in [0.3, 0.4) is 0 Å². The van der Waals surface area contributed by atoms with E-state index in [0.717, 1.165) is 20.8 Å². The fourth-order valence-electron chi connectivity index (χ4n) is 2.68. The van der Waals surface area contributed by atoms with E-state index in [1.165, 1.54) is 0 Å². The molecule has 4 nitrogen and oxygen atoms in total. The van der Waals surface area contributed by atoms with Gasteiger partial charge in [0.25, 0.3) is 5.91 Å². The lowest BCUT2D eigenvalue weighted by molar-refractivity contribution is -0.123. The number of halogens is 1. The highest BCUT2D eigenvalue weighted by Crippen LogP contribution is 2.32. The first-order valence-corrected chi connectivity index (χ1v) is 8.97. The van der Waals surface area contributed by atoms with Gasteiger partial charge >= 0.3 is 0 Å². The van der Waals surface area contributed by atoms with Crippen LogP contribution in [0.5, 0.6) is 5.75 Å². The monoisotopic (exact) mass is 408 g/mol. The molecule has 0 aromatic heterocycles. The summed E-state index contributed by atoms with van der Waals surface area (Å²) in [5.74, 6) is 0.423. The van der Waals surface area contributed by atoms with E-state index >= 15 is 0 Å². The third kappa shape index (κ3) is 4.04. The molecule has 0 heterocycles. The van der Waals surface area contributed by atoms with Crippen molar-refractivity contribution in [3.63, 3.8) is 0 Å². The second-order valence-electron chi connectivity index (χ2n) is 5.91. The molecule has 0 saturated carbocycles. The molecule has 130 valence electrons. The Labute approximate surface area is 160 Å². The zero-order valence-electron chi connectivity index (χ0n) is 14.2. The lowest BCUT2D eigenvalue weighted by Crippen LogP contribution is -2.31. The highest BCUT2D eigenvalue weighted by Gasteiger charge is 2.12. The molecule has 3 aromatic carbocycles. The Morgan fingerprint density at radius 3 is 2.62 bits per heavy atom. The first-order valence-electron chi connectivity index (χ1n) is 8.18. The van der Waals surface area contributed by atoms with Crippen LogP contribution in [0.2, 0.25) is 0 Å². The molecule has 0 aliphatic heterocycles. The SMILES string of the molecule is CC(NC(=O)COc1ccc2ccccc2c1Br)c1ccc(C#N)cc1. The van der Waals surface area contributed by atoms with Crippen molar-refractivity contribution < 1.29 is 9.53 Å². The molecule has 0 saturated heterocycles. The molecular weight excluding hydrogens is 392 g/mol. The van der Waals surface area contributed by atoms with Crippen molar-refractivity contribution >= 4 is 32.6 Å². The third-order valence-corrected chi connectivity index (χ3v) is 4.92. The summed E-state index contributed by atoms with van der Waals surface area (Å²) < 4.78 is 6.51. The summed E-state index contributed by atoms with van der Waals surface area (Å²) in [6.45, 7) is 1.82. The molecule has 1 amide bonds. The van der Waals surface area contributed by atoms with Gasteiger partial charge in [-0.05, 0) is 57.4 Å². The minimum Gasteiger partial charge on any atom is -0.483 e. The van der Waals surface area contributed by atoms with Gasteiger partial charge in [0.05, 0.1) is 22.1 Å². The lowest BCUT2D eigenvalue weighted by atomic mass is 10.1. The van der Waals surface area contributed by atoms with Crippen LogP contribution in [0.4, 0.5) is 0 Å². The van der Waals surface area contributed by atoms with Crippen LogP contribution >= 0.6 is 15.9 Å². The van der Waals surface area contributed by atoms with Gasteiger partial charge in [-0.3, -0.25) is 4.79 Å². The van der Waals surface area contributed by atoms with E-state index in [1.807, 2.05) is 55.5 Å². The topological polar surface area (TPSA) is 62.1 Å². The largest absolute Gasteiger partial charge is 0.483 e. The number of fused-ring (bicyclic) bond motifs is 1. The number of hydrogen-bond acceptors (Lipinski definition) is 3. The van der Waals surface area contributed by atoms with Gasteiger partial charge < -0.3 is 10.1 Å². The number of amides is 1. The average Bonchev–Trinajstić information content (AvgIpc) is 2.67. The first-order chi connectivity index (χ1) is 12.6. The maximum absolute atomic E-state index is 12.2. The van der Waals surface area contributed by atoms with Gasteiger partial charge in [0.1, 0.15) is 5.75 Å². The van der Waals surface area contributed by atoms with E-state index in [-0.39, 0.29) is 18.6 Å². The number of nitriles is 1. The number of rotatable bonds is 5. The molecule has 1 unspecified atom stereocenters. The summed E-state index contributed by atoms with van der Waals surface area (Å²) in [6, 6.07) is 20.8. The van der Waals surface area contributed by atoms with Crippen LogP contribution in [0.1, 0.15) is 24.1 Å². The smallest absolute Gasteiger partial charge is 0.258 e. The van der Waals surface area contributed by atoms with Crippen LogP contribution in [-0.4, -0.2) is 12.5 Å². The molecule has 0 aliphatic rings. The standard InChI is InChI=1S/C21H17BrN2O2/c1-14(16-8-6-15(12-23)7-9-16)24-20(25)13-26-19-11-10-17-4-2-3-5-18(17)21(19)22/h2-11,14H,13H2,1H3,(H,24,25). The minimum atomic E-state index is -0.207. The summed E-state index contributed by atoms with van der Waals surface area (Å²) in [4.78, 5) is 12.2. The van der Waals surface area contributed by atoms with Gasteiger partial charge in [-0.1, -0.05) is 42.5 Å². The van der Waals surface area contributed by atoms with E-state index in [1.54, 1.807) is 12.1 Å². The van der Waals surface area contributed by atoms with Gasteiger partial charge in [0, 0.05) is 0 Å². The molecule has 1 N–H and O–H groups in total. The first kappa shape index (κ1) is 18.0. The molecule has 0 fully saturated rings. The van der Waals surface area contributed by atoms with Crippen molar-refractivity contribution in [3.05, 3.63) is 76.3 Å². The number of benzene rings is 3. The minimum absolute atomic E-state index is 0.0719. The Hall–Kier alpha value is -2.84. The van der Waals surface area contributed by atoms with Crippen LogP contribution in [0.15, 0.2) is 65.1 Å². The van der Waals surface area contributed by atoms with E-state index < -0.39 is 0 Å². The number of hydrogen-bond donors (Lipinski definition) is 1. The van der Waals surface area contributed by atoms with E-state index in [4.69, 9.17) is 10.00 Å². The number of carbonyl (C=O) groups is 1. The summed E-state index contributed by atoms with van der Waals surface area (Å²) in [5.41, 5.74) is 1.53. The summed E-state index contributed by atoms with van der Waals surface area (Å²) >= 11 is 3.55. The van der Waals surface area contributed by atoms with Crippen molar-refractivity contribution in [2.24, 2.45) is 0 Å². The summed E-state index contributed by atoms with van der Waals surface area (Å²) in [7, 11) is 0. The summed E-state index contributed by atoms with van der Waals surface area (Å²) in [6.07, 6.45) is 0. The fraction of sp³-hybridized carbons (Fsp3) is 0.143. The van der Waals surface area contributed by atoms with Gasteiger partial charge in [-0.2, -0.15) is 5.26 Å². The molecule has 1 atom stereocenters. The van der Waals surface area contributed by atoms with Gasteiger partial charge in [0.15, 0.2) is 6.61 Å². The predicted molar refractivity (Wildman–Crippen MR) is 105 cm³/mol. The van der Waals surface area contributed by atoms with Crippen molar-refractivity contribution in [2.75, 3.05) is 6.61 Å². The zero-order chi connectivity index (χ0) is 18.5. The maximum atomic E-state index is 12.2. The van der Waals surface area contributed by atoms with Crippen LogP contribution in [-0.2, 0) is 4.79 Å². The van der Waals surface area contributed by atoms with E-state index in [0.29, 0.717) is 11.3 Å². The quantitative estimate of drug-likeness (QED) is 0.663. The molecular formula is C21H17BrN2O2. The fourth-order valence-corrected chi connectivity index (χ4v) is 3.29. The Morgan fingerprint density at radius 2 is 1.88 bits per heavy atom. The van der Waals surface area contributed by atoms with Gasteiger partial charge in [0.2, 0.25) is 0 Å². The normalized spacial score (nSPS) is 11.6. The summed E-state index contributed by atoms with van der Waals surface area (Å²) in [5, 5.41) is 13.9. The number of nitrogens with one attached hydrogen (secondary N) is 1. The zero-order valence-corrected chi connectivity index (χ0v) is 15.8. The Morgan fingerprint density at radius 1 is 1.15 bits per heavy atom. The molecule has 0 aliphatic carbocycles. The third-order valence-electron chi connectivity index (χ3n) is 4.10. The van der Waals surface area contributed by atoms with Crippen LogP contribution in [0.25, 0.3) is 10.8 Å². The second kappa shape index (κ2) is 8.03. The highest BCUT2D eigenvalue weighted by atomic mass is 79.9. The van der Waals surface area contributed by atoms with Crippen LogP contribution < -0.4 is 10.1 Å². The predicted octanol–water partition coefficient (Wildman–Crippen LogP) is 4.73. The Kier molecular flexibility index (Phi) is 5.55. The average molecular weight is 409 g/mol. The highest BCUT2D eigenvalue weighted by molar-refractivity contribution is 9.10. The molecule has 26 heavy (non-hydrogen) atoms. The van der Waals surface area contributed by atoms with E-state index in [2.05, 4.69) is 27.3 Å². The Balaban J connectivity index is 1.62. The van der Waals surface area contributed by atoms with Crippen LogP contribution in [0, 0.1) is 11.3 Å². The number of nitrogens with zero attached hydrogens (tertiary/aromatic N) is 1. The number of ether oxygens (including phenoxy) is 1. The van der Waals surface area contributed by atoms with Crippen molar-refractivity contribution in [1.29, 1.82) is 5.26 Å². The van der Waals surface area contributed by atoms with Crippen molar-refractivity contribution in [2.45, 2.75) is 13.0 Å². The van der Waals surface area contributed by atoms with Gasteiger partial charge in [-0.15, -0.1) is 0 Å². The number of carbonyl (C=O) groups excluding carboxylic acids is 1. The lowest BCUT2D eigenvalue weighted by Gasteiger charge is -2.15. The van der Waals surface area contributed by atoms with E-state index in [9.17, 15) is 4.79 Å².